The van der Waals surface area contributed by atoms with Crippen LogP contribution in [0.5, 0.6) is 23.0 Å². The van der Waals surface area contributed by atoms with Crippen molar-refractivity contribution in [3.63, 3.8) is 0 Å². The molecular formula is C56H54N6O10S2. The molecule has 4 heterocycles. The van der Waals surface area contributed by atoms with Gasteiger partial charge in [0.2, 0.25) is 25.4 Å². The van der Waals surface area contributed by atoms with Gasteiger partial charge in [0.25, 0.3) is 20.0 Å². The molecule has 2 aliphatic rings. The third-order valence-electron chi connectivity index (χ3n) is 13.2. The number of carbonyl (C=O) groups is 2. The fraction of sp³-hybridized carbons (Fsp3) is 0.232. The smallest absolute Gasteiger partial charge is 0.264 e. The molecule has 0 fully saturated rings. The number of hydrogen-bond acceptors (Lipinski definition) is 11. The number of carbonyl (C=O) groups excluding carboxylic acids is 2. The van der Waals surface area contributed by atoms with E-state index in [1.165, 1.54) is 24.3 Å². The summed E-state index contributed by atoms with van der Waals surface area (Å²) in [5, 5.41) is 1.57. The van der Waals surface area contributed by atoms with Crippen molar-refractivity contribution in [2.45, 2.75) is 67.7 Å². The molecule has 2 unspecified atom stereocenters. The maximum atomic E-state index is 13.8. The molecule has 380 valence electrons. The third-order valence-corrected chi connectivity index (χ3v) is 16.0. The van der Waals surface area contributed by atoms with Crippen LogP contribution in [0, 0.1) is 6.57 Å². The SMILES string of the molecule is CC(C)c1ccc(S(=O)(=O)NC(=O)C(c2ccc3c(c2)OCO3)c2cn(C)c3cc(CN)ccc23)cc1.[C-]#[N+]c1ccc2c(C(C(=O)NS(=O)(=O)c3ccc(C(C)C)cc3)c3ccc4c(c3)OCO4)cn(C)c2c1. The highest BCUT2D eigenvalue weighted by molar-refractivity contribution is 7.90. The van der Waals surface area contributed by atoms with Crippen LogP contribution in [0.3, 0.4) is 0 Å². The topological polar surface area (TPSA) is 204 Å². The highest BCUT2D eigenvalue weighted by Gasteiger charge is 2.33. The number of ether oxygens (including phenoxy) is 4. The first-order valence-electron chi connectivity index (χ1n) is 23.7. The molecule has 0 aliphatic carbocycles. The van der Waals surface area contributed by atoms with Gasteiger partial charge < -0.3 is 33.8 Å². The van der Waals surface area contributed by atoms with E-state index >= 15 is 0 Å². The van der Waals surface area contributed by atoms with Crippen molar-refractivity contribution in [3.8, 4) is 23.0 Å². The Labute approximate surface area is 429 Å². The summed E-state index contributed by atoms with van der Waals surface area (Å²) in [6, 6.07) is 34.4. The number of hydrogen-bond donors (Lipinski definition) is 3. The van der Waals surface area contributed by atoms with Gasteiger partial charge in [0.05, 0.1) is 28.2 Å². The van der Waals surface area contributed by atoms with Crippen molar-refractivity contribution in [1.82, 2.24) is 18.6 Å². The first-order chi connectivity index (χ1) is 35.3. The van der Waals surface area contributed by atoms with Crippen molar-refractivity contribution in [3.05, 3.63) is 184 Å². The number of rotatable bonds is 13. The van der Waals surface area contributed by atoms with Crippen molar-refractivity contribution >= 4 is 59.4 Å². The van der Waals surface area contributed by atoms with Gasteiger partial charge in [0.15, 0.2) is 28.7 Å². The van der Waals surface area contributed by atoms with Gasteiger partial charge in [-0.1, -0.05) is 88.4 Å². The van der Waals surface area contributed by atoms with E-state index in [0.29, 0.717) is 57.5 Å². The molecule has 0 saturated carbocycles. The van der Waals surface area contributed by atoms with Crippen molar-refractivity contribution in [1.29, 1.82) is 0 Å². The minimum Gasteiger partial charge on any atom is -0.454 e. The molecule has 18 heteroatoms. The lowest BCUT2D eigenvalue weighted by Crippen LogP contribution is -2.35. The second-order valence-corrected chi connectivity index (χ2v) is 22.1. The van der Waals surface area contributed by atoms with Crippen LogP contribution in [0.2, 0.25) is 0 Å². The van der Waals surface area contributed by atoms with Crippen LogP contribution in [0.1, 0.15) is 90.3 Å². The van der Waals surface area contributed by atoms with Crippen molar-refractivity contribution < 1.29 is 45.4 Å². The van der Waals surface area contributed by atoms with E-state index in [-0.39, 0.29) is 35.2 Å². The Balaban J connectivity index is 0.000000182. The zero-order chi connectivity index (χ0) is 52.6. The van der Waals surface area contributed by atoms with Crippen LogP contribution in [0.15, 0.2) is 144 Å². The summed E-state index contributed by atoms with van der Waals surface area (Å²) in [4.78, 5) is 31.1. The monoisotopic (exact) mass is 1030 g/mol. The first kappa shape index (κ1) is 50.8. The maximum Gasteiger partial charge on any atom is 0.264 e. The Kier molecular flexibility index (Phi) is 14.0. The molecule has 2 atom stereocenters. The average Bonchev–Trinajstić information content (AvgIpc) is 4.20. The first-order valence-corrected chi connectivity index (χ1v) is 26.7. The standard InChI is InChI=1S/C28H25N3O5S.C28H29N3O5S/c1-17(2)18-5-9-21(10-6-18)37(33,34)30-28(32)27(19-7-12-25-26(13-19)36-16-35-25)23-15-31(4)24-14-20(29-3)8-11-22(23)24;1-17(2)19-5-8-21(9-6-19)37(33,34)30-28(32)27(20-7-11-25-26(13-20)36-16-35-25)23-15-31(3)24-12-18(14-29)4-10-22(23)24/h5-15,17,27H,16H2,1-2,4H3,(H,30,32);4-13,15,17,27H,14,16,29H2,1-3H3,(H,30,32). The molecule has 0 saturated heterocycles. The van der Waals surface area contributed by atoms with Gasteiger partial charge in [0, 0.05) is 54.8 Å². The number of nitrogens with two attached hydrogens (primary N) is 1. The molecule has 0 bridgehead atoms. The molecule has 4 N–H and O–H groups in total. The van der Waals surface area contributed by atoms with Crippen molar-refractivity contribution in [2.24, 2.45) is 19.8 Å². The largest absolute Gasteiger partial charge is 0.454 e. The molecule has 0 spiro atoms. The molecule has 2 aliphatic heterocycles. The van der Waals surface area contributed by atoms with E-state index in [1.54, 1.807) is 85.1 Å². The van der Waals surface area contributed by atoms with Crippen LogP contribution < -0.4 is 34.1 Å². The molecule has 74 heavy (non-hydrogen) atoms. The van der Waals surface area contributed by atoms with Gasteiger partial charge >= 0.3 is 0 Å². The van der Waals surface area contributed by atoms with Crippen LogP contribution in [0.4, 0.5) is 5.69 Å². The Morgan fingerprint density at radius 1 is 0.568 bits per heavy atom. The van der Waals surface area contributed by atoms with E-state index in [0.717, 1.165) is 38.5 Å². The Morgan fingerprint density at radius 3 is 1.39 bits per heavy atom. The zero-order valence-corrected chi connectivity index (χ0v) is 43.1. The quantitative estimate of drug-likeness (QED) is 0.0929. The second kappa shape index (κ2) is 20.4. The molecule has 6 aromatic carbocycles. The van der Waals surface area contributed by atoms with E-state index in [1.807, 2.05) is 75.3 Å². The van der Waals surface area contributed by atoms with Crippen LogP contribution in [-0.2, 0) is 50.3 Å². The lowest BCUT2D eigenvalue weighted by Gasteiger charge is -2.18. The summed E-state index contributed by atoms with van der Waals surface area (Å²) < 4.78 is 83.1. The fourth-order valence-corrected chi connectivity index (χ4v) is 11.2. The highest BCUT2D eigenvalue weighted by Crippen LogP contribution is 2.41. The zero-order valence-electron chi connectivity index (χ0n) is 41.5. The summed E-state index contributed by atoms with van der Waals surface area (Å²) in [5.74, 6) is -0.633. The second-order valence-electron chi connectivity index (χ2n) is 18.7. The van der Waals surface area contributed by atoms with E-state index < -0.39 is 43.7 Å². The Hall–Kier alpha value is -8.11. The van der Waals surface area contributed by atoms with Crippen LogP contribution >= 0.6 is 0 Å². The lowest BCUT2D eigenvalue weighted by molar-refractivity contribution is -0.120. The van der Waals surface area contributed by atoms with Crippen LogP contribution in [0.25, 0.3) is 26.7 Å². The average molecular weight is 1040 g/mol. The number of aromatic nitrogens is 2. The van der Waals surface area contributed by atoms with Gasteiger partial charge in [-0.3, -0.25) is 9.59 Å². The lowest BCUT2D eigenvalue weighted by atomic mass is 9.90. The van der Waals surface area contributed by atoms with Crippen LogP contribution in [-0.4, -0.2) is 51.4 Å². The number of nitrogens with one attached hydrogen (secondary N) is 2. The predicted molar refractivity (Wildman–Crippen MR) is 281 cm³/mol. The Bertz CT molecular complexity index is 3750. The minimum absolute atomic E-state index is 0.00862. The van der Waals surface area contributed by atoms with E-state index in [2.05, 4.69) is 14.3 Å². The van der Waals surface area contributed by atoms with Gasteiger partial charge in [-0.25, -0.2) is 31.1 Å². The molecule has 0 radical (unpaired) electrons. The van der Waals surface area contributed by atoms with E-state index in [9.17, 15) is 26.4 Å². The number of sulfonamides is 2. The molecular weight excluding hydrogens is 981 g/mol. The molecule has 10 rings (SSSR count). The Morgan fingerprint density at radius 2 is 0.973 bits per heavy atom. The van der Waals surface area contributed by atoms with Crippen molar-refractivity contribution in [2.75, 3.05) is 13.6 Å². The molecule has 2 amide bonds. The number of benzene rings is 6. The summed E-state index contributed by atoms with van der Waals surface area (Å²) in [5.41, 5.74) is 13.3. The molecule has 8 aromatic rings. The van der Waals surface area contributed by atoms with Gasteiger partial charge in [-0.2, -0.15) is 0 Å². The highest BCUT2D eigenvalue weighted by atomic mass is 32.2. The van der Waals surface area contributed by atoms with Gasteiger partial charge in [0.1, 0.15) is 0 Å². The summed E-state index contributed by atoms with van der Waals surface area (Å²) in [6.45, 7) is 16.0. The maximum absolute atomic E-state index is 13.8. The van der Waals surface area contributed by atoms with Gasteiger partial charge in [-0.15, -0.1) is 0 Å². The normalized spacial score (nSPS) is 13.6. The van der Waals surface area contributed by atoms with Gasteiger partial charge in [-0.05, 0) is 111 Å². The predicted octanol–water partition coefficient (Wildman–Crippen LogP) is 9.34. The number of aryl methyl sites for hydroxylation is 2. The molecule has 16 nitrogen and oxygen atoms in total. The summed E-state index contributed by atoms with van der Waals surface area (Å²) >= 11 is 0. The molecule has 2 aromatic heterocycles. The fourth-order valence-electron chi connectivity index (χ4n) is 9.22. The summed E-state index contributed by atoms with van der Waals surface area (Å²) in [7, 11) is -4.54. The minimum atomic E-state index is -4.13. The number of amides is 2. The van der Waals surface area contributed by atoms with E-state index in [4.69, 9.17) is 31.3 Å². The number of fused-ring (bicyclic) bond motifs is 4. The third kappa shape index (κ3) is 10.1. The summed E-state index contributed by atoms with van der Waals surface area (Å²) in [6.07, 6.45) is 3.64. The number of nitrogens with zero attached hydrogens (tertiary/aromatic N) is 3.